The first-order valence-corrected chi connectivity index (χ1v) is 12.1. The van der Waals surface area contributed by atoms with Crippen LogP contribution in [-0.4, -0.2) is 26.1 Å². The van der Waals surface area contributed by atoms with Crippen molar-refractivity contribution >= 4 is 11.6 Å². The standard InChI is InChI=1S/C27H28ClN5O/c28-23-8-4-7-22(15-23)27(19-29)13-11-24(12-14-27)33-26(34)10-9-25(31-33)21-16-30-32(18-21)17-20-5-2-1-3-6-20/h1-10,15-16,18,24H,11-14,17,19,29H2/t24-,27-. The fraction of sp³-hybridized carbons (Fsp3) is 0.296. The van der Waals surface area contributed by atoms with Gasteiger partial charge in [-0.25, -0.2) is 4.68 Å². The van der Waals surface area contributed by atoms with Crippen LogP contribution >= 0.6 is 11.6 Å². The number of nitrogens with two attached hydrogens (primary N) is 1. The van der Waals surface area contributed by atoms with Gasteiger partial charge < -0.3 is 5.73 Å². The summed E-state index contributed by atoms with van der Waals surface area (Å²) in [5.74, 6) is 0. The highest BCUT2D eigenvalue weighted by Gasteiger charge is 2.37. The Hall–Kier alpha value is -3.22. The van der Waals surface area contributed by atoms with Gasteiger partial charge in [0.05, 0.1) is 24.5 Å². The second kappa shape index (κ2) is 9.57. The van der Waals surface area contributed by atoms with Gasteiger partial charge in [-0.1, -0.05) is 54.1 Å². The summed E-state index contributed by atoms with van der Waals surface area (Å²) in [6.07, 6.45) is 7.24. The lowest BCUT2D eigenvalue weighted by Crippen LogP contribution is -2.41. The molecule has 34 heavy (non-hydrogen) atoms. The molecule has 174 valence electrons. The molecular weight excluding hydrogens is 446 g/mol. The molecule has 2 aromatic carbocycles. The Morgan fingerprint density at radius 3 is 2.56 bits per heavy atom. The number of rotatable bonds is 6. The van der Waals surface area contributed by atoms with Crippen LogP contribution in [0.15, 0.2) is 83.9 Å². The summed E-state index contributed by atoms with van der Waals surface area (Å²) < 4.78 is 3.55. The quantitative estimate of drug-likeness (QED) is 0.435. The molecule has 1 saturated carbocycles. The van der Waals surface area contributed by atoms with Gasteiger partial charge in [0.15, 0.2) is 0 Å². The van der Waals surface area contributed by atoms with Crippen LogP contribution < -0.4 is 11.3 Å². The Balaban J connectivity index is 1.35. The molecule has 0 atom stereocenters. The van der Waals surface area contributed by atoms with Gasteiger partial charge in [0.1, 0.15) is 0 Å². The molecule has 6 nitrogen and oxygen atoms in total. The maximum Gasteiger partial charge on any atom is 0.267 e. The van der Waals surface area contributed by atoms with Crippen molar-refractivity contribution in [3.63, 3.8) is 0 Å². The number of hydrogen-bond donors (Lipinski definition) is 1. The first-order chi connectivity index (χ1) is 16.6. The fourth-order valence-corrected chi connectivity index (χ4v) is 5.21. The summed E-state index contributed by atoms with van der Waals surface area (Å²) >= 11 is 6.25. The molecule has 4 aromatic rings. The van der Waals surface area contributed by atoms with Crippen molar-refractivity contribution < 1.29 is 0 Å². The lowest BCUT2D eigenvalue weighted by molar-refractivity contribution is 0.222. The third kappa shape index (κ3) is 4.56. The smallest absolute Gasteiger partial charge is 0.267 e. The van der Waals surface area contributed by atoms with E-state index in [0.717, 1.165) is 42.0 Å². The molecule has 1 aliphatic rings. The lowest BCUT2D eigenvalue weighted by Gasteiger charge is -2.40. The summed E-state index contributed by atoms with van der Waals surface area (Å²) in [5, 5.41) is 9.96. The second-order valence-corrected chi connectivity index (χ2v) is 9.58. The van der Waals surface area contributed by atoms with Gasteiger partial charge in [-0.05, 0) is 55.0 Å². The molecule has 0 saturated heterocycles. The van der Waals surface area contributed by atoms with E-state index in [1.54, 1.807) is 23.0 Å². The Morgan fingerprint density at radius 1 is 1.03 bits per heavy atom. The maximum atomic E-state index is 12.7. The number of halogens is 1. The van der Waals surface area contributed by atoms with Gasteiger partial charge in [0.2, 0.25) is 0 Å². The zero-order valence-electron chi connectivity index (χ0n) is 19.0. The Labute approximate surface area is 204 Å². The molecule has 2 aromatic heterocycles. The fourth-order valence-electron chi connectivity index (χ4n) is 5.02. The molecule has 0 aliphatic heterocycles. The first kappa shape index (κ1) is 22.6. The molecule has 2 heterocycles. The van der Waals surface area contributed by atoms with Crippen molar-refractivity contribution in [2.45, 2.75) is 43.7 Å². The van der Waals surface area contributed by atoms with Crippen LogP contribution in [-0.2, 0) is 12.0 Å². The maximum absolute atomic E-state index is 12.7. The minimum absolute atomic E-state index is 0.0469. The van der Waals surface area contributed by atoms with E-state index in [2.05, 4.69) is 23.3 Å². The molecule has 7 heteroatoms. The van der Waals surface area contributed by atoms with E-state index in [-0.39, 0.29) is 17.0 Å². The molecule has 0 unspecified atom stereocenters. The minimum atomic E-state index is -0.110. The highest BCUT2D eigenvalue weighted by molar-refractivity contribution is 6.30. The van der Waals surface area contributed by atoms with Crippen molar-refractivity contribution in [3.8, 4) is 11.3 Å². The Morgan fingerprint density at radius 2 is 1.82 bits per heavy atom. The van der Waals surface area contributed by atoms with Crippen LogP contribution in [0.5, 0.6) is 0 Å². The van der Waals surface area contributed by atoms with Gasteiger partial charge in [-0.3, -0.25) is 9.48 Å². The van der Waals surface area contributed by atoms with Crippen molar-refractivity contribution in [3.05, 3.63) is 106 Å². The predicted octanol–water partition coefficient (Wildman–Crippen LogP) is 4.82. The van der Waals surface area contributed by atoms with E-state index >= 15 is 0 Å². The third-order valence-corrected chi connectivity index (χ3v) is 7.26. The van der Waals surface area contributed by atoms with Crippen molar-refractivity contribution in [2.75, 3.05) is 6.54 Å². The monoisotopic (exact) mass is 473 g/mol. The Kier molecular flexibility index (Phi) is 6.35. The van der Waals surface area contributed by atoms with Crippen LogP contribution in [0.25, 0.3) is 11.3 Å². The predicted molar refractivity (Wildman–Crippen MR) is 135 cm³/mol. The Bertz CT molecular complexity index is 1320. The van der Waals surface area contributed by atoms with Crippen LogP contribution in [0.4, 0.5) is 0 Å². The summed E-state index contributed by atoms with van der Waals surface area (Å²) in [6.45, 7) is 1.25. The van der Waals surface area contributed by atoms with E-state index in [1.165, 1.54) is 11.1 Å². The molecule has 1 fully saturated rings. The highest BCUT2D eigenvalue weighted by Crippen LogP contribution is 2.42. The van der Waals surface area contributed by atoms with E-state index in [1.807, 2.05) is 47.3 Å². The van der Waals surface area contributed by atoms with Crippen LogP contribution in [0.2, 0.25) is 5.02 Å². The lowest BCUT2D eigenvalue weighted by atomic mass is 9.68. The molecule has 0 bridgehead atoms. The summed E-state index contributed by atoms with van der Waals surface area (Å²) in [5.41, 5.74) is 10.1. The first-order valence-electron chi connectivity index (χ1n) is 11.7. The van der Waals surface area contributed by atoms with E-state index in [4.69, 9.17) is 22.4 Å². The van der Waals surface area contributed by atoms with Crippen molar-refractivity contribution in [1.29, 1.82) is 0 Å². The van der Waals surface area contributed by atoms with Crippen LogP contribution in [0.3, 0.4) is 0 Å². The van der Waals surface area contributed by atoms with Gasteiger partial charge >= 0.3 is 0 Å². The second-order valence-electron chi connectivity index (χ2n) is 9.14. The van der Waals surface area contributed by atoms with E-state index in [0.29, 0.717) is 13.1 Å². The van der Waals surface area contributed by atoms with Crippen molar-refractivity contribution in [1.82, 2.24) is 19.6 Å². The molecule has 0 radical (unpaired) electrons. The average Bonchev–Trinajstić information content (AvgIpc) is 3.33. The zero-order valence-corrected chi connectivity index (χ0v) is 19.7. The zero-order chi connectivity index (χ0) is 23.5. The van der Waals surface area contributed by atoms with Gasteiger partial charge in [-0.15, -0.1) is 0 Å². The SMILES string of the molecule is NC[C@]1(c2cccc(Cl)c2)CC[C@H](n2nc(-c3cnn(Cc4ccccc4)c3)ccc2=O)CC1. The number of nitrogens with zero attached hydrogens (tertiary/aromatic N) is 4. The topological polar surface area (TPSA) is 78.7 Å². The van der Waals surface area contributed by atoms with E-state index in [9.17, 15) is 4.79 Å². The third-order valence-electron chi connectivity index (χ3n) is 7.03. The van der Waals surface area contributed by atoms with E-state index < -0.39 is 0 Å². The number of hydrogen-bond acceptors (Lipinski definition) is 4. The number of aromatic nitrogens is 4. The van der Waals surface area contributed by atoms with Crippen molar-refractivity contribution in [2.24, 2.45) is 5.73 Å². The largest absolute Gasteiger partial charge is 0.330 e. The summed E-state index contributed by atoms with van der Waals surface area (Å²) in [6, 6.07) is 21.6. The van der Waals surface area contributed by atoms with Crippen LogP contribution in [0.1, 0.15) is 42.9 Å². The minimum Gasteiger partial charge on any atom is -0.330 e. The van der Waals surface area contributed by atoms with Gasteiger partial charge in [0.25, 0.3) is 5.56 Å². The average molecular weight is 474 g/mol. The van der Waals surface area contributed by atoms with Crippen LogP contribution in [0, 0.1) is 0 Å². The molecule has 1 aliphatic carbocycles. The molecule has 5 rings (SSSR count). The molecule has 0 spiro atoms. The molecule has 0 amide bonds. The highest BCUT2D eigenvalue weighted by atomic mass is 35.5. The molecular formula is C27H28ClN5O. The number of benzene rings is 2. The van der Waals surface area contributed by atoms with Gasteiger partial charge in [-0.2, -0.15) is 10.2 Å². The molecule has 2 N–H and O–H groups in total. The summed E-state index contributed by atoms with van der Waals surface area (Å²) in [7, 11) is 0. The van der Waals surface area contributed by atoms with Gasteiger partial charge in [0, 0.05) is 34.8 Å². The summed E-state index contributed by atoms with van der Waals surface area (Å²) in [4.78, 5) is 12.7. The normalized spacial score (nSPS) is 20.4.